The number of likely N-dealkylation sites (tertiary alicyclic amines) is 2. The third-order valence-electron chi connectivity index (χ3n) is 4.92. The number of hydrogen-bond donors (Lipinski definition) is 0. The molecule has 2 aliphatic rings. The molecular weight excluding hydrogens is 308 g/mol. The van der Waals surface area contributed by atoms with Gasteiger partial charge in [0, 0.05) is 55.6 Å². The molecule has 2 aromatic heterocycles. The maximum Gasteiger partial charge on any atom is 0.223 e. The van der Waals surface area contributed by atoms with E-state index in [4.69, 9.17) is 0 Å². The van der Waals surface area contributed by atoms with Crippen LogP contribution in [0.3, 0.4) is 0 Å². The molecular formula is C17H20N4OS. The number of carbonyl (C=O) groups is 1. The molecule has 0 bridgehead atoms. The number of nitrogens with zero attached hydrogens (tertiary/aromatic N) is 4. The number of carbonyl (C=O) groups excluding carboxylic acids is 1. The Balaban J connectivity index is 1.49. The van der Waals surface area contributed by atoms with Crippen LogP contribution < -0.4 is 0 Å². The molecule has 2 aromatic rings. The summed E-state index contributed by atoms with van der Waals surface area (Å²) in [6.45, 7) is 2.67. The van der Waals surface area contributed by atoms with Crippen LogP contribution in [0.15, 0.2) is 36.1 Å². The molecule has 5 nitrogen and oxygen atoms in total. The van der Waals surface area contributed by atoms with Gasteiger partial charge in [0.2, 0.25) is 5.91 Å². The highest BCUT2D eigenvalue weighted by molar-refractivity contribution is 7.09. The maximum atomic E-state index is 12.4. The predicted molar refractivity (Wildman–Crippen MR) is 88.7 cm³/mol. The molecule has 0 radical (unpaired) electrons. The molecule has 0 spiro atoms. The predicted octanol–water partition coefficient (Wildman–Crippen LogP) is 2.30. The fraction of sp³-hybridized carbons (Fsp3) is 0.471. The SMILES string of the molecule is O=C1CC[C@@H]2[C@@H](CCN2Cc2nccs2)N1Cc1ccncc1. The number of amides is 1. The van der Waals surface area contributed by atoms with Crippen LogP contribution in [0.4, 0.5) is 0 Å². The standard InChI is InChI=1S/C17H20N4OS/c22-17-2-1-14-15(21(17)11-13-3-6-18-7-4-13)5-9-20(14)12-16-19-8-10-23-16/h3-4,6-8,10,14-15H,1-2,5,9,11-12H2/t14-,15-/m1/s1. The van der Waals surface area contributed by atoms with E-state index < -0.39 is 0 Å². The van der Waals surface area contributed by atoms with E-state index in [9.17, 15) is 4.79 Å². The first kappa shape index (κ1) is 14.8. The topological polar surface area (TPSA) is 49.3 Å². The van der Waals surface area contributed by atoms with Crippen LogP contribution in [0, 0.1) is 0 Å². The molecule has 0 saturated carbocycles. The van der Waals surface area contributed by atoms with Crippen molar-refractivity contribution in [1.29, 1.82) is 0 Å². The number of fused-ring (bicyclic) bond motifs is 1. The summed E-state index contributed by atoms with van der Waals surface area (Å²) in [6.07, 6.45) is 8.15. The molecule has 2 saturated heterocycles. The van der Waals surface area contributed by atoms with E-state index >= 15 is 0 Å². The zero-order valence-electron chi connectivity index (χ0n) is 13.0. The summed E-state index contributed by atoms with van der Waals surface area (Å²) in [5, 5.41) is 3.20. The maximum absolute atomic E-state index is 12.4. The lowest BCUT2D eigenvalue weighted by atomic mass is 9.95. The minimum Gasteiger partial charge on any atom is -0.334 e. The van der Waals surface area contributed by atoms with E-state index in [-0.39, 0.29) is 0 Å². The number of piperidine rings is 1. The van der Waals surface area contributed by atoms with Crippen molar-refractivity contribution in [2.45, 2.75) is 44.4 Å². The molecule has 0 unspecified atom stereocenters. The van der Waals surface area contributed by atoms with Gasteiger partial charge in [0.05, 0.1) is 6.54 Å². The highest BCUT2D eigenvalue weighted by Crippen LogP contribution is 2.33. The van der Waals surface area contributed by atoms with Gasteiger partial charge in [0.1, 0.15) is 5.01 Å². The molecule has 1 amide bonds. The van der Waals surface area contributed by atoms with Gasteiger partial charge in [-0.05, 0) is 30.5 Å². The highest BCUT2D eigenvalue weighted by Gasteiger charge is 2.42. The second kappa shape index (κ2) is 6.37. The second-order valence-corrected chi connectivity index (χ2v) is 7.21. The van der Waals surface area contributed by atoms with Crippen molar-refractivity contribution in [1.82, 2.24) is 19.8 Å². The van der Waals surface area contributed by atoms with Gasteiger partial charge in [-0.2, -0.15) is 0 Å². The molecule has 23 heavy (non-hydrogen) atoms. The van der Waals surface area contributed by atoms with E-state index in [1.807, 2.05) is 23.7 Å². The number of thiazole rings is 1. The van der Waals surface area contributed by atoms with Gasteiger partial charge in [-0.15, -0.1) is 11.3 Å². The van der Waals surface area contributed by atoms with Crippen molar-refractivity contribution in [3.8, 4) is 0 Å². The summed E-state index contributed by atoms with van der Waals surface area (Å²) in [4.78, 5) is 25.5. The van der Waals surface area contributed by atoms with Crippen molar-refractivity contribution in [2.24, 2.45) is 0 Å². The van der Waals surface area contributed by atoms with E-state index in [0.717, 1.165) is 31.5 Å². The largest absolute Gasteiger partial charge is 0.334 e. The quantitative estimate of drug-likeness (QED) is 0.864. The summed E-state index contributed by atoms with van der Waals surface area (Å²) in [5.41, 5.74) is 1.16. The van der Waals surface area contributed by atoms with Gasteiger partial charge in [-0.25, -0.2) is 4.98 Å². The number of aromatic nitrogens is 2. The third-order valence-corrected chi connectivity index (χ3v) is 5.69. The van der Waals surface area contributed by atoms with Gasteiger partial charge in [0.25, 0.3) is 0 Å². The van der Waals surface area contributed by atoms with Gasteiger partial charge < -0.3 is 4.90 Å². The minimum absolute atomic E-state index is 0.291. The Hall–Kier alpha value is -1.79. The zero-order chi connectivity index (χ0) is 15.6. The van der Waals surface area contributed by atoms with Crippen molar-refractivity contribution in [3.63, 3.8) is 0 Å². The van der Waals surface area contributed by atoms with E-state index in [1.54, 1.807) is 23.7 Å². The molecule has 4 rings (SSSR count). The van der Waals surface area contributed by atoms with Crippen LogP contribution in [-0.2, 0) is 17.9 Å². The van der Waals surface area contributed by atoms with Crippen LogP contribution in [0.5, 0.6) is 0 Å². The average molecular weight is 328 g/mol. The van der Waals surface area contributed by atoms with Crippen LogP contribution in [0.25, 0.3) is 0 Å². The van der Waals surface area contributed by atoms with Crippen LogP contribution in [-0.4, -0.2) is 44.3 Å². The first-order chi connectivity index (χ1) is 11.3. The first-order valence-electron chi connectivity index (χ1n) is 8.12. The number of pyridine rings is 1. The van der Waals surface area contributed by atoms with Gasteiger partial charge in [-0.3, -0.25) is 14.7 Å². The fourth-order valence-electron chi connectivity index (χ4n) is 3.83. The minimum atomic E-state index is 0.291. The number of rotatable bonds is 4. The molecule has 0 aromatic carbocycles. The van der Waals surface area contributed by atoms with Gasteiger partial charge >= 0.3 is 0 Å². The van der Waals surface area contributed by atoms with Crippen LogP contribution >= 0.6 is 11.3 Å². The third kappa shape index (κ3) is 3.01. The fourth-order valence-corrected chi connectivity index (χ4v) is 4.47. The van der Waals surface area contributed by atoms with Crippen molar-refractivity contribution in [3.05, 3.63) is 46.7 Å². The Morgan fingerprint density at radius 1 is 1.13 bits per heavy atom. The van der Waals surface area contributed by atoms with Gasteiger partial charge in [0.15, 0.2) is 0 Å². The summed E-state index contributed by atoms with van der Waals surface area (Å²) < 4.78 is 0. The summed E-state index contributed by atoms with van der Waals surface area (Å²) in [5.74, 6) is 0.291. The Morgan fingerprint density at radius 2 is 2.00 bits per heavy atom. The lowest BCUT2D eigenvalue weighted by molar-refractivity contribution is -0.138. The molecule has 6 heteroatoms. The smallest absolute Gasteiger partial charge is 0.223 e. The lowest BCUT2D eigenvalue weighted by Gasteiger charge is -2.39. The van der Waals surface area contributed by atoms with Crippen molar-refractivity contribution in [2.75, 3.05) is 6.54 Å². The zero-order valence-corrected chi connectivity index (χ0v) is 13.8. The first-order valence-corrected chi connectivity index (χ1v) is 9.00. The molecule has 2 atom stereocenters. The molecule has 0 aliphatic carbocycles. The monoisotopic (exact) mass is 328 g/mol. The number of hydrogen-bond acceptors (Lipinski definition) is 5. The van der Waals surface area contributed by atoms with Gasteiger partial charge in [-0.1, -0.05) is 0 Å². The molecule has 4 heterocycles. The summed E-state index contributed by atoms with van der Waals surface area (Å²) in [6, 6.07) is 4.81. The molecule has 2 aliphatic heterocycles. The Bertz CT molecular complexity index is 660. The van der Waals surface area contributed by atoms with Crippen molar-refractivity contribution >= 4 is 17.2 Å². The second-order valence-electron chi connectivity index (χ2n) is 6.24. The van der Waals surface area contributed by atoms with E-state index in [1.165, 1.54) is 5.01 Å². The molecule has 120 valence electrons. The van der Waals surface area contributed by atoms with Crippen LogP contribution in [0.1, 0.15) is 29.8 Å². The normalized spacial score (nSPS) is 24.9. The van der Waals surface area contributed by atoms with Crippen molar-refractivity contribution < 1.29 is 4.79 Å². The van der Waals surface area contributed by atoms with Crippen LogP contribution in [0.2, 0.25) is 0 Å². The highest BCUT2D eigenvalue weighted by atomic mass is 32.1. The Morgan fingerprint density at radius 3 is 2.78 bits per heavy atom. The summed E-state index contributed by atoms with van der Waals surface area (Å²) in [7, 11) is 0. The molecule has 0 N–H and O–H groups in total. The summed E-state index contributed by atoms with van der Waals surface area (Å²) >= 11 is 1.71. The lowest BCUT2D eigenvalue weighted by Crippen LogP contribution is -2.51. The average Bonchev–Trinajstić information content (AvgIpc) is 3.22. The van der Waals surface area contributed by atoms with E-state index in [0.29, 0.717) is 31.0 Å². The van der Waals surface area contributed by atoms with E-state index in [2.05, 4.69) is 19.8 Å². The molecule has 2 fully saturated rings. The Kier molecular flexibility index (Phi) is 4.10. The Labute approximate surface area is 140 Å².